The molecule has 0 fully saturated rings. The third kappa shape index (κ3) is 12.8. The molecule has 0 aromatic rings. The van der Waals surface area contributed by atoms with Gasteiger partial charge in [0.1, 0.15) is 0 Å². The van der Waals surface area contributed by atoms with Crippen molar-refractivity contribution in [2.75, 3.05) is 0 Å². The molecule has 0 nitrogen and oxygen atoms in total. The fraction of sp³-hybridized carbons (Fsp3) is 0.818. The average molecular weight is 156 g/mol. The standard InChI is InChI=1S/C10H20.CH4/c1-9(2,3)7-8-10(4,5)6;/h7-8H,1-6H3;1H4/b8-7-;. The Morgan fingerprint density at radius 3 is 0.909 bits per heavy atom. The second-order valence-electron chi connectivity index (χ2n) is 5.07. The minimum atomic E-state index is 0. The van der Waals surface area contributed by atoms with Crippen molar-refractivity contribution in [3.63, 3.8) is 0 Å². The normalized spacial score (nSPS) is 13.3. The summed E-state index contributed by atoms with van der Waals surface area (Å²) in [5.41, 5.74) is 0.653. The zero-order valence-corrected chi connectivity index (χ0v) is 8.15. The molecule has 0 spiro atoms. The first-order valence-corrected chi connectivity index (χ1v) is 3.91. The summed E-state index contributed by atoms with van der Waals surface area (Å²) in [7, 11) is 0. The van der Waals surface area contributed by atoms with E-state index in [0.29, 0.717) is 10.8 Å². The molecule has 0 unspecified atom stereocenters. The lowest BCUT2D eigenvalue weighted by molar-refractivity contribution is 0.502. The predicted molar refractivity (Wildman–Crippen MR) is 54.8 cm³/mol. The average Bonchev–Trinajstić information content (AvgIpc) is 1.57. The van der Waals surface area contributed by atoms with Gasteiger partial charge in [0.05, 0.1) is 0 Å². The van der Waals surface area contributed by atoms with E-state index in [1.807, 2.05) is 0 Å². The smallest absolute Gasteiger partial charge is 0.0203 e. The molecule has 11 heavy (non-hydrogen) atoms. The van der Waals surface area contributed by atoms with Gasteiger partial charge in [-0.3, -0.25) is 0 Å². The van der Waals surface area contributed by atoms with Gasteiger partial charge in [-0.15, -0.1) is 0 Å². The van der Waals surface area contributed by atoms with Gasteiger partial charge in [0.15, 0.2) is 0 Å². The largest absolute Gasteiger partial charge is 0.0826 e. The van der Waals surface area contributed by atoms with Crippen LogP contribution in [0.4, 0.5) is 0 Å². The molecule has 68 valence electrons. The van der Waals surface area contributed by atoms with Gasteiger partial charge in [0.25, 0.3) is 0 Å². The van der Waals surface area contributed by atoms with Crippen molar-refractivity contribution in [2.45, 2.75) is 49.0 Å². The molecule has 0 saturated heterocycles. The van der Waals surface area contributed by atoms with Gasteiger partial charge < -0.3 is 0 Å². The van der Waals surface area contributed by atoms with Gasteiger partial charge in [-0.2, -0.15) is 0 Å². The fourth-order valence-corrected chi connectivity index (χ4v) is 0.500. The molecule has 0 radical (unpaired) electrons. The molecule has 0 bridgehead atoms. The summed E-state index contributed by atoms with van der Waals surface area (Å²) >= 11 is 0. The highest BCUT2D eigenvalue weighted by Crippen LogP contribution is 2.21. The summed E-state index contributed by atoms with van der Waals surface area (Å²) in [6, 6.07) is 0. The van der Waals surface area contributed by atoms with Crippen LogP contribution in [0.3, 0.4) is 0 Å². The van der Waals surface area contributed by atoms with Gasteiger partial charge in [-0.05, 0) is 10.8 Å². The fourth-order valence-electron chi connectivity index (χ4n) is 0.500. The highest BCUT2D eigenvalue weighted by atomic mass is 14.1. The predicted octanol–water partition coefficient (Wildman–Crippen LogP) is 4.27. The van der Waals surface area contributed by atoms with Crippen LogP contribution < -0.4 is 0 Å². The molecule has 0 atom stereocenters. The number of hydrogen-bond donors (Lipinski definition) is 0. The molecule has 0 aliphatic rings. The Morgan fingerprint density at radius 1 is 0.636 bits per heavy atom. The first-order valence-electron chi connectivity index (χ1n) is 3.91. The second-order valence-corrected chi connectivity index (χ2v) is 5.07. The second kappa shape index (κ2) is 3.94. The summed E-state index contributed by atoms with van der Waals surface area (Å²) in [4.78, 5) is 0. The molecule has 0 amide bonds. The van der Waals surface area contributed by atoms with Crippen molar-refractivity contribution >= 4 is 0 Å². The summed E-state index contributed by atoms with van der Waals surface area (Å²) in [6.45, 7) is 13.3. The lowest BCUT2D eigenvalue weighted by atomic mass is 9.89. The molecular weight excluding hydrogens is 132 g/mol. The highest BCUT2D eigenvalue weighted by molar-refractivity contribution is 4.98. The van der Waals surface area contributed by atoms with Gasteiger partial charge in [0.2, 0.25) is 0 Å². The maximum atomic E-state index is 2.27. The van der Waals surface area contributed by atoms with Gasteiger partial charge >= 0.3 is 0 Å². The van der Waals surface area contributed by atoms with Crippen LogP contribution in [0.1, 0.15) is 49.0 Å². The first-order chi connectivity index (χ1) is 4.21. The summed E-state index contributed by atoms with van der Waals surface area (Å²) in [5.74, 6) is 0. The molecule has 0 saturated carbocycles. The van der Waals surface area contributed by atoms with Crippen molar-refractivity contribution in [3.05, 3.63) is 12.2 Å². The van der Waals surface area contributed by atoms with Crippen molar-refractivity contribution in [3.8, 4) is 0 Å². The Labute approximate surface area is 72.7 Å². The topological polar surface area (TPSA) is 0 Å². The van der Waals surface area contributed by atoms with E-state index >= 15 is 0 Å². The van der Waals surface area contributed by atoms with Crippen LogP contribution in [0.15, 0.2) is 12.2 Å². The van der Waals surface area contributed by atoms with E-state index in [9.17, 15) is 0 Å². The molecule has 0 heteroatoms. The van der Waals surface area contributed by atoms with Crippen LogP contribution in [0, 0.1) is 10.8 Å². The molecule has 0 rings (SSSR count). The van der Waals surface area contributed by atoms with Crippen LogP contribution in [0.25, 0.3) is 0 Å². The van der Waals surface area contributed by atoms with Crippen LogP contribution >= 0.6 is 0 Å². The minimum absolute atomic E-state index is 0. The number of hydrogen-bond acceptors (Lipinski definition) is 0. The Balaban J connectivity index is 0. The maximum absolute atomic E-state index is 2.27. The minimum Gasteiger partial charge on any atom is -0.0826 e. The molecule has 0 aliphatic carbocycles. The Kier molecular flexibility index (Phi) is 4.78. The van der Waals surface area contributed by atoms with Gasteiger partial charge in [-0.1, -0.05) is 61.1 Å². The number of rotatable bonds is 0. The monoisotopic (exact) mass is 156 g/mol. The molecule has 0 N–H and O–H groups in total. The molecular formula is C11H24. The van der Waals surface area contributed by atoms with Crippen molar-refractivity contribution in [2.24, 2.45) is 10.8 Å². The van der Waals surface area contributed by atoms with Crippen molar-refractivity contribution in [1.82, 2.24) is 0 Å². The van der Waals surface area contributed by atoms with Crippen LogP contribution in [-0.2, 0) is 0 Å². The Hall–Kier alpha value is -0.260. The Morgan fingerprint density at radius 2 is 0.818 bits per heavy atom. The SMILES string of the molecule is C.CC(C)(C)/C=C\C(C)(C)C. The van der Waals surface area contributed by atoms with E-state index in [-0.39, 0.29) is 7.43 Å². The van der Waals surface area contributed by atoms with Crippen molar-refractivity contribution < 1.29 is 0 Å². The van der Waals surface area contributed by atoms with E-state index in [0.717, 1.165) is 0 Å². The Bertz CT molecular complexity index is 100.0. The van der Waals surface area contributed by atoms with E-state index in [2.05, 4.69) is 53.7 Å². The maximum Gasteiger partial charge on any atom is -0.0203 e. The van der Waals surface area contributed by atoms with Crippen LogP contribution in [0.5, 0.6) is 0 Å². The first kappa shape index (κ1) is 13.3. The third-order valence-corrected chi connectivity index (χ3v) is 1.08. The number of allylic oxidation sites excluding steroid dienone is 2. The lowest BCUT2D eigenvalue weighted by Crippen LogP contribution is -2.04. The third-order valence-electron chi connectivity index (χ3n) is 1.08. The summed E-state index contributed by atoms with van der Waals surface area (Å²) in [5, 5.41) is 0. The molecule has 0 aromatic heterocycles. The molecule has 0 aromatic carbocycles. The van der Waals surface area contributed by atoms with E-state index in [1.54, 1.807) is 0 Å². The highest BCUT2D eigenvalue weighted by Gasteiger charge is 2.08. The van der Waals surface area contributed by atoms with E-state index in [4.69, 9.17) is 0 Å². The van der Waals surface area contributed by atoms with Gasteiger partial charge in [-0.25, -0.2) is 0 Å². The van der Waals surface area contributed by atoms with Crippen molar-refractivity contribution in [1.29, 1.82) is 0 Å². The summed E-state index contributed by atoms with van der Waals surface area (Å²) < 4.78 is 0. The molecule has 0 heterocycles. The van der Waals surface area contributed by atoms with Crippen LogP contribution in [-0.4, -0.2) is 0 Å². The lowest BCUT2D eigenvalue weighted by Gasteiger charge is -2.17. The van der Waals surface area contributed by atoms with E-state index in [1.165, 1.54) is 0 Å². The van der Waals surface area contributed by atoms with Gasteiger partial charge in [0, 0.05) is 0 Å². The zero-order chi connectivity index (χ0) is 8.41. The quantitative estimate of drug-likeness (QED) is 0.459. The van der Waals surface area contributed by atoms with Crippen LogP contribution in [0.2, 0.25) is 0 Å². The van der Waals surface area contributed by atoms with E-state index < -0.39 is 0 Å². The zero-order valence-electron chi connectivity index (χ0n) is 8.15. The summed E-state index contributed by atoms with van der Waals surface area (Å²) in [6.07, 6.45) is 4.54. The molecule has 0 aliphatic heterocycles.